The zero-order chi connectivity index (χ0) is 14.4. The molecule has 2 aromatic rings. The van der Waals surface area contributed by atoms with Crippen LogP contribution in [0.4, 0.5) is 23.2 Å². The van der Waals surface area contributed by atoms with Crippen LogP contribution in [0.1, 0.15) is 5.56 Å². The van der Waals surface area contributed by atoms with E-state index in [1.165, 1.54) is 0 Å². The first-order chi connectivity index (χ1) is 8.75. The van der Waals surface area contributed by atoms with Gasteiger partial charge in [-0.25, -0.2) is 4.39 Å². The van der Waals surface area contributed by atoms with Crippen LogP contribution in [0.5, 0.6) is 5.75 Å². The molecule has 0 fully saturated rings. The monoisotopic (exact) mass is 276 g/mol. The molecule has 0 atom stereocenters. The van der Waals surface area contributed by atoms with Gasteiger partial charge in [0.15, 0.2) is 5.69 Å². The van der Waals surface area contributed by atoms with Gasteiger partial charge >= 0.3 is 6.18 Å². The maximum atomic E-state index is 13.3. The van der Waals surface area contributed by atoms with Gasteiger partial charge in [-0.15, -0.1) is 4.91 Å². The first kappa shape index (κ1) is 13.0. The zero-order valence-electron chi connectivity index (χ0n) is 8.88. The fourth-order valence-electron chi connectivity index (χ4n) is 1.60. The smallest absolute Gasteiger partial charge is 0.419 e. The van der Waals surface area contributed by atoms with Crippen LogP contribution in [0.3, 0.4) is 0 Å². The average Bonchev–Trinajstić information content (AvgIpc) is 2.30. The van der Waals surface area contributed by atoms with E-state index in [0.717, 1.165) is 0 Å². The molecule has 0 saturated carbocycles. The van der Waals surface area contributed by atoms with Gasteiger partial charge in [-0.2, -0.15) is 13.2 Å². The van der Waals surface area contributed by atoms with Gasteiger partial charge in [-0.3, -0.25) is 4.79 Å². The number of nitrogens with zero attached hydrogens (tertiary/aromatic N) is 1. The summed E-state index contributed by atoms with van der Waals surface area (Å²) in [6, 6.07) is 0.713. The molecule has 0 aliphatic heterocycles. The van der Waals surface area contributed by atoms with Gasteiger partial charge < -0.3 is 10.1 Å². The molecule has 19 heavy (non-hydrogen) atoms. The van der Waals surface area contributed by atoms with E-state index in [9.17, 15) is 32.4 Å². The molecule has 2 N–H and O–H groups in total. The van der Waals surface area contributed by atoms with Crippen LogP contribution >= 0.6 is 0 Å². The molecule has 1 aromatic heterocycles. The Morgan fingerprint density at radius 2 is 1.89 bits per heavy atom. The minimum atomic E-state index is -4.96. The summed E-state index contributed by atoms with van der Waals surface area (Å²) < 4.78 is 50.7. The van der Waals surface area contributed by atoms with Crippen molar-refractivity contribution in [3.05, 3.63) is 38.8 Å². The van der Waals surface area contributed by atoms with E-state index in [-0.39, 0.29) is 0 Å². The number of pyridine rings is 1. The highest BCUT2D eigenvalue weighted by Crippen LogP contribution is 2.37. The molecule has 100 valence electrons. The van der Waals surface area contributed by atoms with Gasteiger partial charge in [0, 0.05) is 5.39 Å². The van der Waals surface area contributed by atoms with Gasteiger partial charge in [0.05, 0.1) is 11.1 Å². The average molecular weight is 276 g/mol. The molecule has 0 bridgehead atoms. The normalized spacial score (nSPS) is 11.8. The molecule has 0 aliphatic rings. The van der Waals surface area contributed by atoms with Gasteiger partial charge in [0.25, 0.3) is 5.56 Å². The van der Waals surface area contributed by atoms with Gasteiger partial charge in [0.2, 0.25) is 5.75 Å². The third-order valence-corrected chi connectivity index (χ3v) is 2.45. The van der Waals surface area contributed by atoms with Crippen LogP contribution in [0.25, 0.3) is 10.9 Å². The number of aromatic hydroxyl groups is 1. The summed E-state index contributed by atoms with van der Waals surface area (Å²) in [5.41, 5.74) is -4.06. The quantitative estimate of drug-likeness (QED) is 0.620. The number of nitroso groups, excluding NO2 is 1. The fourth-order valence-corrected chi connectivity index (χ4v) is 1.60. The van der Waals surface area contributed by atoms with E-state index >= 15 is 0 Å². The van der Waals surface area contributed by atoms with Crippen molar-refractivity contribution in [1.82, 2.24) is 4.98 Å². The summed E-state index contributed by atoms with van der Waals surface area (Å²) in [7, 11) is 0. The van der Waals surface area contributed by atoms with Crippen molar-refractivity contribution in [1.29, 1.82) is 0 Å². The molecular formula is C10H4F4N2O3. The minimum Gasteiger partial charge on any atom is -0.501 e. The van der Waals surface area contributed by atoms with Crippen molar-refractivity contribution in [3.63, 3.8) is 0 Å². The SMILES string of the molecule is O=Nc1c(O)c(=O)[nH]c2cc(C(F)(F)F)c(F)cc12. The first-order valence-electron chi connectivity index (χ1n) is 4.74. The number of nitrogens with one attached hydrogen (secondary N) is 1. The van der Waals surface area contributed by atoms with E-state index in [2.05, 4.69) is 5.18 Å². The number of fused-ring (bicyclic) bond motifs is 1. The molecule has 5 nitrogen and oxygen atoms in total. The second kappa shape index (κ2) is 4.04. The molecule has 0 saturated heterocycles. The lowest BCUT2D eigenvalue weighted by atomic mass is 10.1. The van der Waals surface area contributed by atoms with Gasteiger partial charge in [0.1, 0.15) is 5.82 Å². The fraction of sp³-hybridized carbons (Fsp3) is 0.100. The van der Waals surface area contributed by atoms with Crippen LogP contribution in [0, 0.1) is 10.7 Å². The number of aromatic amines is 1. The predicted octanol–water partition coefficient (Wildman–Crippen LogP) is 2.79. The number of hydrogen-bond acceptors (Lipinski definition) is 4. The van der Waals surface area contributed by atoms with Gasteiger partial charge in [-0.1, -0.05) is 0 Å². The summed E-state index contributed by atoms with van der Waals surface area (Å²) in [5.74, 6) is -2.72. The Labute approximate surface area is 101 Å². The maximum absolute atomic E-state index is 13.3. The molecule has 1 aromatic carbocycles. The van der Waals surface area contributed by atoms with Crippen molar-refractivity contribution < 1.29 is 22.7 Å². The summed E-state index contributed by atoms with van der Waals surface area (Å²) in [5, 5.41) is 11.1. The second-order valence-corrected chi connectivity index (χ2v) is 3.62. The number of H-pyrrole nitrogens is 1. The van der Waals surface area contributed by atoms with Crippen molar-refractivity contribution in [2.45, 2.75) is 6.18 Å². The number of aromatic nitrogens is 1. The van der Waals surface area contributed by atoms with Crippen molar-refractivity contribution in [2.24, 2.45) is 5.18 Å². The lowest BCUT2D eigenvalue weighted by molar-refractivity contribution is -0.139. The summed E-state index contributed by atoms with van der Waals surface area (Å²) in [6.07, 6.45) is -4.96. The molecule has 0 unspecified atom stereocenters. The number of benzene rings is 1. The Kier molecular flexibility index (Phi) is 2.76. The number of rotatable bonds is 1. The highest BCUT2D eigenvalue weighted by Gasteiger charge is 2.35. The Bertz CT molecular complexity index is 736. The predicted molar refractivity (Wildman–Crippen MR) is 56.6 cm³/mol. The summed E-state index contributed by atoms with van der Waals surface area (Å²) in [6.45, 7) is 0. The maximum Gasteiger partial charge on any atom is 0.419 e. The molecular weight excluding hydrogens is 272 g/mol. The number of halogens is 4. The third-order valence-electron chi connectivity index (χ3n) is 2.45. The van der Waals surface area contributed by atoms with Crippen LogP contribution in [-0.4, -0.2) is 10.1 Å². The molecule has 0 amide bonds. The standard InChI is InChI=1S/C10H4F4N2O3/c11-5-1-3-6(2-4(5)10(12,13)14)15-9(18)8(17)7(3)16-19/h1-2,17H,(H,15,18). The van der Waals surface area contributed by atoms with Crippen LogP contribution < -0.4 is 5.56 Å². The van der Waals surface area contributed by atoms with Crippen molar-refractivity contribution in [2.75, 3.05) is 0 Å². The summed E-state index contributed by atoms with van der Waals surface area (Å²) >= 11 is 0. The lowest BCUT2D eigenvalue weighted by Gasteiger charge is -2.10. The number of hydrogen-bond donors (Lipinski definition) is 2. The highest BCUT2D eigenvalue weighted by atomic mass is 19.4. The van der Waals surface area contributed by atoms with Crippen LogP contribution in [0.2, 0.25) is 0 Å². The minimum absolute atomic E-state index is 0.334. The second-order valence-electron chi connectivity index (χ2n) is 3.62. The Morgan fingerprint density at radius 3 is 2.42 bits per heavy atom. The zero-order valence-corrected chi connectivity index (χ0v) is 8.88. The van der Waals surface area contributed by atoms with E-state index in [0.29, 0.717) is 12.1 Å². The van der Waals surface area contributed by atoms with Gasteiger partial charge in [-0.05, 0) is 17.3 Å². The molecule has 2 rings (SSSR count). The Balaban J connectivity index is 2.94. The van der Waals surface area contributed by atoms with Crippen molar-refractivity contribution in [3.8, 4) is 5.75 Å². The first-order valence-corrected chi connectivity index (χ1v) is 4.74. The van der Waals surface area contributed by atoms with E-state index < -0.39 is 45.5 Å². The lowest BCUT2D eigenvalue weighted by Crippen LogP contribution is -2.10. The van der Waals surface area contributed by atoms with E-state index in [1.54, 1.807) is 0 Å². The summed E-state index contributed by atoms with van der Waals surface area (Å²) in [4.78, 5) is 23.6. The Morgan fingerprint density at radius 1 is 1.26 bits per heavy atom. The molecule has 0 radical (unpaired) electrons. The topological polar surface area (TPSA) is 82.5 Å². The highest BCUT2D eigenvalue weighted by molar-refractivity contribution is 5.92. The number of alkyl halides is 3. The molecule has 0 spiro atoms. The molecule has 1 heterocycles. The van der Waals surface area contributed by atoms with E-state index in [4.69, 9.17) is 0 Å². The Hall–Kier alpha value is -2.45. The third kappa shape index (κ3) is 2.02. The van der Waals surface area contributed by atoms with E-state index in [1.807, 2.05) is 4.98 Å². The molecule has 0 aliphatic carbocycles. The largest absolute Gasteiger partial charge is 0.501 e. The van der Waals surface area contributed by atoms with Crippen LogP contribution in [0.15, 0.2) is 22.1 Å². The molecule has 9 heteroatoms. The van der Waals surface area contributed by atoms with Crippen molar-refractivity contribution >= 4 is 16.6 Å². The van der Waals surface area contributed by atoms with Crippen LogP contribution in [-0.2, 0) is 6.18 Å².